The van der Waals surface area contributed by atoms with Gasteiger partial charge in [-0.25, -0.2) is 0 Å². The summed E-state index contributed by atoms with van der Waals surface area (Å²) in [7, 11) is 0. The Morgan fingerprint density at radius 2 is 1.91 bits per heavy atom. The van der Waals surface area contributed by atoms with Gasteiger partial charge in [0.2, 0.25) is 5.91 Å². The van der Waals surface area contributed by atoms with Gasteiger partial charge in [0, 0.05) is 13.1 Å². The Balaban J connectivity index is 2.25. The van der Waals surface area contributed by atoms with Gasteiger partial charge in [-0.15, -0.1) is 0 Å². The third-order valence-corrected chi connectivity index (χ3v) is 3.96. The molecule has 1 heterocycles. The number of ether oxygens (including phenoxy) is 1. The number of nitrogens with zero attached hydrogens (tertiary/aromatic N) is 2. The Morgan fingerprint density at radius 3 is 2.52 bits per heavy atom. The first-order chi connectivity index (χ1) is 11.0. The summed E-state index contributed by atoms with van der Waals surface area (Å²) in [4.78, 5) is 28.5. The van der Waals surface area contributed by atoms with Gasteiger partial charge in [-0.05, 0) is 44.4 Å². The summed E-state index contributed by atoms with van der Waals surface area (Å²) in [6, 6.07) is 5.71. The lowest BCUT2D eigenvalue weighted by Gasteiger charge is -2.34. The van der Waals surface area contributed by atoms with Crippen LogP contribution in [0.2, 0.25) is 0 Å². The van der Waals surface area contributed by atoms with E-state index in [2.05, 4.69) is 13.8 Å². The smallest absolute Gasteiger partial charge is 0.268 e. The SMILES string of the molecule is CCCN(CCC)C(=O)CN1C(=O)C(C)Oc2ccc(C)cc21. The fraction of sp³-hybridized carbons (Fsp3) is 0.556. The molecule has 0 bridgehead atoms. The summed E-state index contributed by atoms with van der Waals surface area (Å²) in [6.45, 7) is 9.31. The predicted molar refractivity (Wildman–Crippen MR) is 90.8 cm³/mol. The van der Waals surface area contributed by atoms with Gasteiger partial charge >= 0.3 is 0 Å². The predicted octanol–water partition coefficient (Wildman–Crippen LogP) is 2.76. The summed E-state index contributed by atoms with van der Waals surface area (Å²) in [5.74, 6) is 0.487. The van der Waals surface area contributed by atoms with Crippen molar-refractivity contribution in [1.82, 2.24) is 4.90 Å². The number of carbonyl (C=O) groups excluding carboxylic acids is 2. The molecule has 2 rings (SSSR count). The number of anilines is 1. The largest absolute Gasteiger partial charge is 0.479 e. The highest BCUT2D eigenvalue weighted by Gasteiger charge is 2.33. The number of rotatable bonds is 6. The Bertz CT molecular complexity index is 580. The zero-order chi connectivity index (χ0) is 17.0. The molecule has 2 amide bonds. The Morgan fingerprint density at radius 1 is 1.26 bits per heavy atom. The summed E-state index contributed by atoms with van der Waals surface area (Å²) in [5, 5.41) is 0. The van der Waals surface area contributed by atoms with Gasteiger partial charge in [0.05, 0.1) is 5.69 Å². The average molecular weight is 318 g/mol. The third-order valence-electron chi connectivity index (χ3n) is 3.96. The molecule has 1 aromatic carbocycles. The van der Waals surface area contributed by atoms with E-state index in [1.54, 1.807) is 11.8 Å². The van der Waals surface area contributed by atoms with E-state index in [9.17, 15) is 9.59 Å². The molecule has 0 radical (unpaired) electrons. The monoisotopic (exact) mass is 318 g/mol. The molecule has 1 unspecified atom stereocenters. The first-order valence-electron chi connectivity index (χ1n) is 8.34. The average Bonchev–Trinajstić information content (AvgIpc) is 2.52. The van der Waals surface area contributed by atoms with Crippen molar-refractivity contribution in [2.75, 3.05) is 24.5 Å². The van der Waals surface area contributed by atoms with Crippen LogP contribution < -0.4 is 9.64 Å². The lowest BCUT2D eigenvalue weighted by atomic mass is 10.1. The van der Waals surface area contributed by atoms with Crippen LogP contribution in [0.3, 0.4) is 0 Å². The molecule has 23 heavy (non-hydrogen) atoms. The summed E-state index contributed by atoms with van der Waals surface area (Å²) >= 11 is 0. The van der Waals surface area contributed by atoms with Crippen LogP contribution in [0.1, 0.15) is 39.2 Å². The molecule has 0 spiro atoms. The van der Waals surface area contributed by atoms with Crippen LogP contribution in [0.15, 0.2) is 18.2 Å². The molecule has 1 aromatic rings. The van der Waals surface area contributed by atoms with Crippen molar-refractivity contribution in [3.63, 3.8) is 0 Å². The van der Waals surface area contributed by atoms with Crippen LogP contribution in [0.25, 0.3) is 0 Å². The molecule has 126 valence electrons. The maximum Gasteiger partial charge on any atom is 0.268 e. The molecular weight excluding hydrogens is 292 g/mol. The second-order valence-electron chi connectivity index (χ2n) is 6.04. The minimum atomic E-state index is -0.566. The number of carbonyl (C=O) groups is 2. The third kappa shape index (κ3) is 3.84. The van der Waals surface area contributed by atoms with Gasteiger partial charge in [-0.2, -0.15) is 0 Å². The van der Waals surface area contributed by atoms with Crippen molar-refractivity contribution in [2.24, 2.45) is 0 Å². The summed E-state index contributed by atoms with van der Waals surface area (Å²) in [5.41, 5.74) is 1.72. The molecule has 0 fully saturated rings. The van der Waals surface area contributed by atoms with Crippen LogP contribution in [0.5, 0.6) is 5.75 Å². The van der Waals surface area contributed by atoms with Gasteiger partial charge in [0.25, 0.3) is 5.91 Å². The van der Waals surface area contributed by atoms with Crippen molar-refractivity contribution in [2.45, 2.75) is 46.6 Å². The highest BCUT2D eigenvalue weighted by atomic mass is 16.5. The first-order valence-corrected chi connectivity index (χ1v) is 8.34. The topological polar surface area (TPSA) is 49.9 Å². The normalized spacial score (nSPS) is 16.8. The fourth-order valence-corrected chi connectivity index (χ4v) is 2.82. The van der Waals surface area contributed by atoms with E-state index in [-0.39, 0.29) is 18.4 Å². The quantitative estimate of drug-likeness (QED) is 0.810. The Labute approximate surface area is 138 Å². The number of aryl methyl sites for hydroxylation is 1. The maximum absolute atomic E-state index is 12.6. The van der Waals surface area contributed by atoms with E-state index in [4.69, 9.17) is 4.74 Å². The van der Waals surface area contributed by atoms with Crippen molar-refractivity contribution in [3.8, 4) is 5.75 Å². The second kappa shape index (κ2) is 7.49. The van der Waals surface area contributed by atoms with Gasteiger partial charge in [-0.3, -0.25) is 14.5 Å². The standard InChI is InChI=1S/C18H26N2O3/c1-5-9-19(10-6-2)17(21)12-20-15-11-13(3)7-8-16(15)23-14(4)18(20)22/h7-8,11,14H,5-6,9-10,12H2,1-4H3. The Kier molecular flexibility index (Phi) is 5.64. The maximum atomic E-state index is 12.6. The van der Waals surface area contributed by atoms with Crippen LogP contribution in [-0.2, 0) is 9.59 Å². The second-order valence-corrected chi connectivity index (χ2v) is 6.04. The first kappa shape index (κ1) is 17.3. The number of hydrogen-bond donors (Lipinski definition) is 0. The van der Waals surface area contributed by atoms with E-state index < -0.39 is 6.10 Å². The lowest BCUT2D eigenvalue weighted by Crippen LogP contribution is -2.49. The summed E-state index contributed by atoms with van der Waals surface area (Å²) < 4.78 is 5.65. The van der Waals surface area contributed by atoms with Crippen molar-refractivity contribution in [1.29, 1.82) is 0 Å². The van der Waals surface area contributed by atoms with E-state index >= 15 is 0 Å². The minimum absolute atomic E-state index is 0.0105. The highest BCUT2D eigenvalue weighted by Crippen LogP contribution is 2.34. The number of fused-ring (bicyclic) bond motifs is 1. The van der Waals surface area contributed by atoms with Crippen LogP contribution in [0, 0.1) is 6.92 Å². The van der Waals surface area contributed by atoms with E-state index in [1.165, 1.54) is 0 Å². The molecule has 5 heteroatoms. The zero-order valence-electron chi connectivity index (χ0n) is 14.5. The van der Waals surface area contributed by atoms with Crippen molar-refractivity contribution < 1.29 is 14.3 Å². The molecule has 0 N–H and O–H groups in total. The molecule has 0 saturated carbocycles. The molecular formula is C18H26N2O3. The van der Waals surface area contributed by atoms with E-state index in [1.807, 2.05) is 30.0 Å². The molecule has 5 nitrogen and oxygen atoms in total. The zero-order valence-corrected chi connectivity index (χ0v) is 14.5. The van der Waals surface area contributed by atoms with Crippen LogP contribution >= 0.6 is 0 Å². The highest BCUT2D eigenvalue weighted by molar-refractivity contribution is 6.03. The summed E-state index contributed by atoms with van der Waals surface area (Å²) in [6.07, 6.45) is 1.26. The number of benzene rings is 1. The molecule has 1 aliphatic rings. The molecule has 1 atom stereocenters. The van der Waals surface area contributed by atoms with Gasteiger partial charge < -0.3 is 9.64 Å². The van der Waals surface area contributed by atoms with Crippen LogP contribution in [0.4, 0.5) is 5.69 Å². The lowest BCUT2D eigenvalue weighted by molar-refractivity contribution is -0.133. The van der Waals surface area contributed by atoms with E-state index in [0.717, 1.165) is 31.5 Å². The van der Waals surface area contributed by atoms with Gasteiger partial charge in [-0.1, -0.05) is 19.9 Å². The Hall–Kier alpha value is -2.04. The van der Waals surface area contributed by atoms with Crippen molar-refractivity contribution >= 4 is 17.5 Å². The van der Waals surface area contributed by atoms with Crippen molar-refractivity contribution in [3.05, 3.63) is 23.8 Å². The van der Waals surface area contributed by atoms with Crippen LogP contribution in [-0.4, -0.2) is 42.5 Å². The molecule has 1 aliphatic heterocycles. The minimum Gasteiger partial charge on any atom is -0.479 e. The number of hydrogen-bond acceptors (Lipinski definition) is 3. The van der Waals surface area contributed by atoms with E-state index in [0.29, 0.717) is 11.4 Å². The van der Waals surface area contributed by atoms with Gasteiger partial charge in [0.1, 0.15) is 12.3 Å². The fourth-order valence-electron chi connectivity index (χ4n) is 2.82. The van der Waals surface area contributed by atoms with Gasteiger partial charge in [0.15, 0.2) is 6.10 Å². The molecule has 0 aliphatic carbocycles. The number of amides is 2. The molecule has 0 saturated heterocycles. The molecule has 0 aromatic heterocycles.